The lowest BCUT2D eigenvalue weighted by molar-refractivity contribution is 0.0697. The summed E-state index contributed by atoms with van der Waals surface area (Å²) < 4.78 is 2.00. The standard InChI is InChI=1S/C19H15N3O2/c1-12-20-17-9-7-14(19(23)24)10-18(17)22(12)11-15-8-6-13-4-2-3-5-16(13)21-15/h2-10H,11H2,1H3,(H,23,24). The zero-order valence-electron chi connectivity index (χ0n) is 13.1. The first kappa shape index (κ1) is 14.4. The largest absolute Gasteiger partial charge is 0.478 e. The van der Waals surface area contributed by atoms with E-state index in [1.165, 1.54) is 0 Å². The molecule has 0 unspecified atom stereocenters. The van der Waals surface area contributed by atoms with Crippen LogP contribution in [-0.2, 0) is 6.54 Å². The first-order chi connectivity index (χ1) is 11.6. The third-order valence-corrected chi connectivity index (χ3v) is 4.16. The number of hydrogen-bond donors (Lipinski definition) is 1. The molecule has 1 N–H and O–H groups in total. The van der Waals surface area contributed by atoms with Crippen molar-refractivity contribution in [2.24, 2.45) is 0 Å². The molecule has 0 saturated carbocycles. The van der Waals surface area contributed by atoms with Crippen LogP contribution < -0.4 is 0 Å². The second kappa shape index (κ2) is 5.45. The smallest absolute Gasteiger partial charge is 0.335 e. The van der Waals surface area contributed by atoms with E-state index in [0.717, 1.165) is 33.5 Å². The summed E-state index contributed by atoms with van der Waals surface area (Å²) in [6, 6.07) is 17.0. The lowest BCUT2D eigenvalue weighted by atomic mass is 10.2. The van der Waals surface area contributed by atoms with E-state index in [0.29, 0.717) is 6.54 Å². The molecule has 0 saturated heterocycles. The molecule has 2 aromatic heterocycles. The third kappa shape index (κ3) is 2.40. The van der Waals surface area contributed by atoms with Crippen molar-refractivity contribution in [3.05, 3.63) is 71.7 Å². The number of aromatic nitrogens is 3. The Morgan fingerprint density at radius 1 is 1.04 bits per heavy atom. The van der Waals surface area contributed by atoms with Gasteiger partial charge in [-0.15, -0.1) is 0 Å². The van der Waals surface area contributed by atoms with Crippen molar-refractivity contribution in [2.45, 2.75) is 13.5 Å². The molecule has 0 aliphatic heterocycles. The molecule has 5 nitrogen and oxygen atoms in total. The number of carboxylic acids is 1. The highest BCUT2D eigenvalue weighted by Gasteiger charge is 2.12. The number of para-hydroxylation sites is 1. The van der Waals surface area contributed by atoms with E-state index < -0.39 is 5.97 Å². The minimum absolute atomic E-state index is 0.259. The van der Waals surface area contributed by atoms with Crippen LogP contribution in [0.25, 0.3) is 21.9 Å². The van der Waals surface area contributed by atoms with E-state index in [-0.39, 0.29) is 5.56 Å². The topological polar surface area (TPSA) is 68.0 Å². The van der Waals surface area contributed by atoms with Gasteiger partial charge in [0.25, 0.3) is 0 Å². The van der Waals surface area contributed by atoms with Gasteiger partial charge in [-0.1, -0.05) is 24.3 Å². The lowest BCUT2D eigenvalue weighted by Crippen LogP contribution is -2.04. The van der Waals surface area contributed by atoms with Crippen molar-refractivity contribution in [3.63, 3.8) is 0 Å². The number of benzene rings is 2. The van der Waals surface area contributed by atoms with Crippen molar-refractivity contribution in [3.8, 4) is 0 Å². The summed E-state index contributed by atoms with van der Waals surface area (Å²) in [6.45, 7) is 2.47. The molecule has 4 rings (SSSR count). The van der Waals surface area contributed by atoms with Gasteiger partial charge in [-0.2, -0.15) is 0 Å². The minimum atomic E-state index is -0.939. The molecule has 0 atom stereocenters. The fraction of sp³-hybridized carbons (Fsp3) is 0.105. The fourth-order valence-corrected chi connectivity index (χ4v) is 2.93. The van der Waals surface area contributed by atoms with Crippen LogP contribution in [0.4, 0.5) is 0 Å². The molecule has 0 amide bonds. The molecule has 0 aliphatic carbocycles. The lowest BCUT2D eigenvalue weighted by Gasteiger charge is -2.08. The van der Waals surface area contributed by atoms with Gasteiger partial charge >= 0.3 is 5.97 Å². The van der Waals surface area contributed by atoms with Gasteiger partial charge in [0, 0.05) is 5.39 Å². The average Bonchev–Trinajstić information content (AvgIpc) is 2.89. The molecule has 0 aliphatic rings. The molecule has 4 aromatic rings. The summed E-state index contributed by atoms with van der Waals surface area (Å²) in [5.74, 6) is -0.103. The van der Waals surface area contributed by atoms with Gasteiger partial charge in [-0.3, -0.25) is 4.98 Å². The second-order valence-electron chi connectivity index (χ2n) is 5.75. The van der Waals surface area contributed by atoms with Crippen LogP contribution in [0.3, 0.4) is 0 Å². The Morgan fingerprint density at radius 3 is 2.71 bits per heavy atom. The van der Waals surface area contributed by atoms with Gasteiger partial charge < -0.3 is 9.67 Å². The number of fused-ring (bicyclic) bond motifs is 2. The molecule has 2 heterocycles. The summed E-state index contributed by atoms with van der Waals surface area (Å²) >= 11 is 0. The van der Waals surface area contributed by atoms with E-state index in [1.807, 2.05) is 41.8 Å². The highest BCUT2D eigenvalue weighted by Crippen LogP contribution is 2.20. The van der Waals surface area contributed by atoms with Crippen LogP contribution in [0, 0.1) is 6.92 Å². The van der Waals surface area contributed by atoms with Crippen molar-refractivity contribution in [2.75, 3.05) is 0 Å². The van der Waals surface area contributed by atoms with Crippen molar-refractivity contribution in [1.29, 1.82) is 0 Å². The Labute approximate surface area is 138 Å². The maximum absolute atomic E-state index is 11.2. The summed E-state index contributed by atoms with van der Waals surface area (Å²) in [5.41, 5.74) is 3.72. The zero-order chi connectivity index (χ0) is 16.7. The molecular formula is C19H15N3O2. The van der Waals surface area contributed by atoms with Gasteiger partial charge in [0.15, 0.2) is 0 Å². The third-order valence-electron chi connectivity index (χ3n) is 4.16. The molecule has 0 spiro atoms. The number of carbonyl (C=O) groups is 1. The second-order valence-corrected chi connectivity index (χ2v) is 5.75. The average molecular weight is 317 g/mol. The van der Waals surface area contributed by atoms with E-state index in [2.05, 4.69) is 11.1 Å². The molecule has 0 radical (unpaired) electrons. The van der Waals surface area contributed by atoms with Crippen LogP contribution >= 0.6 is 0 Å². The highest BCUT2D eigenvalue weighted by atomic mass is 16.4. The van der Waals surface area contributed by atoms with Crippen molar-refractivity contribution >= 4 is 27.9 Å². The molecule has 118 valence electrons. The van der Waals surface area contributed by atoms with Crippen LogP contribution in [0.5, 0.6) is 0 Å². The molecule has 0 fully saturated rings. The molecule has 24 heavy (non-hydrogen) atoms. The fourth-order valence-electron chi connectivity index (χ4n) is 2.93. The Bertz CT molecular complexity index is 1080. The SMILES string of the molecule is Cc1nc2ccc(C(=O)O)cc2n1Cc1ccc2ccccc2n1. The van der Waals surface area contributed by atoms with Gasteiger partial charge in [-0.25, -0.2) is 9.78 Å². The molecule has 2 aromatic carbocycles. The Balaban J connectivity index is 1.81. The van der Waals surface area contributed by atoms with E-state index in [1.54, 1.807) is 18.2 Å². The Kier molecular flexibility index (Phi) is 3.27. The number of aromatic carboxylic acids is 1. The van der Waals surface area contributed by atoms with Gasteiger partial charge in [0.05, 0.1) is 34.4 Å². The predicted octanol–water partition coefficient (Wildman–Crippen LogP) is 3.64. The van der Waals surface area contributed by atoms with Gasteiger partial charge in [-0.05, 0) is 37.3 Å². The van der Waals surface area contributed by atoms with Crippen LogP contribution in [-0.4, -0.2) is 25.6 Å². The molecule has 0 bridgehead atoms. The van der Waals surface area contributed by atoms with Crippen molar-refractivity contribution in [1.82, 2.24) is 14.5 Å². The van der Waals surface area contributed by atoms with E-state index in [9.17, 15) is 9.90 Å². The number of carboxylic acid groups (broad SMARTS) is 1. The molecule has 5 heteroatoms. The predicted molar refractivity (Wildman–Crippen MR) is 92.3 cm³/mol. The zero-order valence-corrected chi connectivity index (χ0v) is 13.1. The summed E-state index contributed by atoms with van der Waals surface area (Å²) in [7, 11) is 0. The minimum Gasteiger partial charge on any atom is -0.478 e. The maximum Gasteiger partial charge on any atom is 0.335 e. The van der Waals surface area contributed by atoms with Crippen LogP contribution in [0.1, 0.15) is 21.9 Å². The number of nitrogens with zero attached hydrogens (tertiary/aromatic N) is 3. The van der Waals surface area contributed by atoms with Gasteiger partial charge in [0.2, 0.25) is 0 Å². The Hall–Kier alpha value is -3.21. The van der Waals surface area contributed by atoms with Crippen molar-refractivity contribution < 1.29 is 9.90 Å². The van der Waals surface area contributed by atoms with Crippen LogP contribution in [0.2, 0.25) is 0 Å². The maximum atomic E-state index is 11.2. The first-order valence-electron chi connectivity index (χ1n) is 7.67. The summed E-state index contributed by atoms with van der Waals surface area (Å²) in [4.78, 5) is 20.4. The number of aryl methyl sites for hydroxylation is 1. The quantitative estimate of drug-likeness (QED) is 0.626. The molecular weight excluding hydrogens is 302 g/mol. The first-order valence-corrected chi connectivity index (χ1v) is 7.67. The van der Waals surface area contributed by atoms with E-state index in [4.69, 9.17) is 4.98 Å². The normalized spacial score (nSPS) is 11.2. The monoisotopic (exact) mass is 317 g/mol. The highest BCUT2D eigenvalue weighted by molar-refractivity contribution is 5.92. The van der Waals surface area contributed by atoms with E-state index >= 15 is 0 Å². The number of pyridine rings is 1. The summed E-state index contributed by atoms with van der Waals surface area (Å²) in [6.07, 6.45) is 0. The van der Waals surface area contributed by atoms with Crippen LogP contribution in [0.15, 0.2) is 54.6 Å². The van der Waals surface area contributed by atoms with Gasteiger partial charge in [0.1, 0.15) is 5.82 Å². The Morgan fingerprint density at radius 2 is 1.88 bits per heavy atom. The summed E-state index contributed by atoms with van der Waals surface area (Å²) in [5, 5.41) is 10.3. The number of hydrogen-bond acceptors (Lipinski definition) is 3. The number of rotatable bonds is 3. The number of imidazole rings is 1.